The zero-order valence-electron chi connectivity index (χ0n) is 10.9. The molecule has 0 aromatic heterocycles. The van der Waals surface area contributed by atoms with Gasteiger partial charge in [0.1, 0.15) is 5.75 Å². The monoisotopic (exact) mass is 295 g/mol. The maximum Gasteiger partial charge on any atom is 0.169 e. The van der Waals surface area contributed by atoms with E-state index in [0.717, 1.165) is 10.8 Å². The molecular formula is C17H10ClNO2. The molecule has 0 bridgehead atoms. The third kappa shape index (κ3) is 2.62. The van der Waals surface area contributed by atoms with E-state index in [1.165, 1.54) is 0 Å². The molecular weight excluding hydrogens is 286 g/mol. The summed E-state index contributed by atoms with van der Waals surface area (Å²) in [6.45, 7) is 0. The van der Waals surface area contributed by atoms with Crippen molar-refractivity contribution < 1.29 is 9.84 Å². The fourth-order valence-electron chi connectivity index (χ4n) is 2.12. The molecule has 0 aliphatic rings. The van der Waals surface area contributed by atoms with Crippen molar-refractivity contribution in [2.45, 2.75) is 0 Å². The molecule has 102 valence electrons. The van der Waals surface area contributed by atoms with E-state index in [1.807, 2.05) is 0 Å². The van der Waals surface area contributed by atoms with Gasteiger partial charge in [0, 0.05) is 16.5 Å². The van der Waals surface area contributed by atoms with Crippen molar-refractivity contribution in [1.82, 2.24) is 0 Å². The SMILES string of the molecule is N#Cc1ccc2c(Oc3ccccc3O)cc(Cl)cc2c1. The van der Waals surface area contributed by atoms with E-state index in [1.54, 1.807) is 54.6 Å². The van der Waals surface area contributed by atoms with Crippen molar-refractivity contribution >= 4 is 22.4 Å². The molecule has 0 saturated carbocycles. The average Bonchev–Trinajstić information content (AvgIpc) is 2.48. The van der Waals surface area contributed by atoms with Crippen LogP contribution in [0.1, 0.15) is 5.56 Å². The molecule has 0 heterocycles. The second-order valence-electron chi connectivity index (χ2n) is 4.52. The van der Waals surface area contributed by atoms with Gasteiger partial charge < -0.3 is 9.84 Å². The van der Waals surface area contributed by atoms with E-state index in [0.29, 0.717) is 22.1 Å². The smallest absolute Gasteiger partial charge is 0.169 e. The number of halogens is 1. The number of phenolic OH excluding ortho intramolecular Hbond substituents is 1. The summed E-state index contributed by atoms with van der Waals surface area (Å²) in [5.74, 6) is 0.938. The lowest BCUT2D eigenvalue weighted by molar-refractivity contribution is 0.413. The first-order valence-corrected chi connectivity index (χ1v) is 6.64. The van der Waals surface area contributed by atoms with Crippen LogP contribution in [0.25, 0.3) is 10.8 Å². The molecule has 3 aromatic rings. The van der Waals surface area contributed by atoms with Gasteiger partial charge in [0.05, 0.1) is 11.6 Å². The second kappa shape index (κ2) is 5.35. The van der Waals surface area contributed by atoms with Crippen molar-refractivity contribution in [2.24, 2.45) is 0 Å². The Bertz CT molecular complexity index is 868. The van der Waals surface area contributed by atoms with Gasteiger partial charge in [-0.2, -0.15) is 5.26 Å². The summed E-state index contributed by atoms with van der Waals surface area (Å²) >= 11 is 6.10. The number of ether oxygens (including phenoxy) is 1. The fraction of sp³-hybridized carbons (Fsp3) is 0. The van der Waals surface area contributed by atoms with Crippen molar-refractivity contribution in [2.75, 3.05) is 0 Å². The van der Waals surface area contributed by atoms with Crippen LogP contribution in [0, 0.1) is 11.3 Å². The van der Waals surface area contributed by atoms with Gasteiger partial charge in [-0.15, -0.1) is 0 Å². The van der Waals surface area contributed by atoms with Crippen LogP contribution >= 0.6 is 11.6 Å². The minimum Gasteiger partial charge on any atom is -0.504 e. The van der Waals surface area contributed by atoms with Crippen LogP contribution in [0.15, 0.2) is 54.6 Å². The molecule has 0 aliphatic carbocycles. The van der Waals surface area contributed by atoms with Crippen molar-refractivity contribution in [3.8, 4) is 23.3 Å². The minimum atomic E-state index is 0.0549. The van der Waals surface area contributed by atoms with E-state index in [2.05, 4.69) is 6.07 Å². The van der Waals surface area contributed by atoms with Gasteiger partial charge in [-0.1, -0.05) is 23.7 Å². The first-order valence-electron chi connectivity index (χ1n) is 6.26. The number of nitriles is 1. The topological polar surface area (TPSA) is 53.2 Å². The second-order valence-corrected chi connectivity index (χ2v) is 4.96. The molecule has 0 saturated heterocycles. The van der Waals surface area contributed by atoms with E-state index in [-0.39, 0.29) is 5.75 Å². The number of nitrogens with zero attached hydrogens (tertiary/aromatic N) is 1. The Balaban J connectivity index is 2.14. The van der Waals surface area contributed by atoms with Crippen LogP contribution in [0.5, 0.6) is 17.2 Å². The van der Waals surface area contributed by atoms with Crippen LogP contribution in [0.3, 0.4) is 0 Å². The summed E-state index contributed by atoms with van der Waals surface area (Å²) in [6.07, 6.45) is 0. The van der Waals surface area contributed by atoms with Crippen molar-refractivity contribution in [3.05, 3.63) is 65.2 Å². The van der Waals surface area contributed by atoms with Gasteiger partial charge in [0.15, 0.2) is 11.5 Å². The molecule has 0 unspecified atom stereocenters. The number of aromatic hydroxyl groups is 1. The molecule has 3 aromatic carbocycles. The Labute approximate surface area is 126 Å². The maximum atomic E-state index is 9.79. The Morgan fingerprint density at radius 2 is 1.81 bits per heavy atom. The standard InChI is InChI=1S/C17H10ClNO2/c18-13-8-12-7-11(10-19)5-6-14(12)17(9-13)21-16-4-2-1-3-15(16)20/h1-9,20H. The minimum absolute atomic E-state index is 0.0549. The number of para-hydroxylation sites is 2. The normalized spacial score (nSPS) is 10.3. The largest absolute Gasteiger partial charge is 0.504 e. The number of rotatable bonds is 2. The Morgan fingerprint density at radius 1 is 1.00 bits per heavy atom. The summed E-state index contributed by atoms with van der Waals surface area (Å²) in [4.78, 5) is 0. The van der Waals surface area contributed by atoms with Gasteiger partial charge in [0.2, 0.25) is 0 Å². The first-order chi connectivity index (χ1) is 10.2. The van der Waals surface area contributed by atoms with Gasteiger partial charge in [0.25, 0.3) is 0 Å². The lowest BCUT2D eigenvalue weighted by Crippen LogP contribution is -1.87. The van der Waals surface area contributed by atoms with Crippen LogP contribution in [-0.4, -0.2) is 5.11 Å². The van der Waals surface area contributed by atoms with Gasteiger partial charge in [-0.05, 0) is 41.8 Å². The van der Waals surface area contributed by atoms with Crippen LogP contribution < -0.4 is 4.74 Å². The summed E-state index contributed by atoms with van der Waals surface area (Å²) < 4.78 is 5.76. The molecule has 4 heteroatoms. The molecule has 3 rings (SSSR count). The molecule has 3 nitrogen and oxygen atoms in total. The lowest BCUT2D eigenvalue weighted by atomic mass is 10.1. The summed E-state index contributed by atoms with van der Waals surface area (Å²) in [5.41, 5.74) is 0.554. The predicted octanol–water partition coefficient (Wildman–Crippen LogP) is 4.86. The molecule has 21 heavy (non-hydrogen) atoms. The Hall–Kier alpha value is -2.70. The van der Waals surface area contributed by atoms with Crippen molar-refractivity contribution in [3.63, 3.8) is 0 Å². The molecule has 1 N–H and O–H groups in total. The van der Waals surface area contributed by atoms with Crippen LogP contribution in [0.4, 0.5) is 0 Å². The highest BCUT2D eigenvalue weighted by atomic mass is 35.5. The first kappa shape index (κ1) is 13.3. The molecule has 0 radical (unpaired) electrons. The number of phenols is 1. The highest BCUT2D eigenvalue weighted by Crippen LogP contribution is 2.36. The van der Waals surface area contributed by atoms with Gasteiger partial charge in [-0.25, -0.2) is 0 Å². The highest BCUT2D eigenvalue weighted by Gasteiger charge is 2.09. The molecule has 0 aliphatic heterocycles. The third-order valence-corrected chi connectivity index (χ3v) is 3.31. The Kier molecular flexibility index (Phi) is 3.39. The lowest BCUT2D eigenvalue weighted by Gasteiger charge is -2.11. The fourth-order valence-corrected chi connectivity index (χ4v) is 2.33. The number of fused-ring (bicyclic) bond motifs is 1. The zero-order chi connectivity index (χ0) is 14.8. The summed E-state index contributed by atoms with van der Waals surface area (Å²) in [7, 11) is 0. The highest BCUT2D eigenvalue weighted by molar-refractivity contribution is 6.31. The van der Waals surface area contributed by atoms with E-state index >= 15 is 0 Å². The van der Waals surface area contributed by atoms with Crippen LogP contribution in [-0.2, 0) is 0 Å². The van der Waals surface area contributed by atoms with Crippen LogP contribution in [0.2, 0.25) is 5.02 Å². The number of benzene rings is 3. The van der Waals surface area contributed by atoms with E-state index in [4.69, 9.17) is 21.6 Å². The van der Waals surface area contributed by atoms with E-state index < -0.39 is 0 Å². The zero-order valence-corrected chi connectivity index (χ0v) is 11.6. The number of hydrogen-bond acceptors (Lipinski definition) is 3. The maximum absolute atomic E-state index is 9.79. The summed E-state index contributed by atoms with van der Waals surface area (Å²) in [6, 6.07) is 17.5. The van der Waals surface area contributed by atoms with Gasteiger partial charge in [-0.3, -0.25) is 0 Å². The third-order valence-electron chi connectivity index (χ3n) is 3.09. The van der Waals surface area contributed by atoms with Gasteiger partial charge >= 0.3 is 0 Å². The molecule has 0 fully saturated rings. The summed E-state index contributed by atoms with van der Waals surface area (Å²) in [5, 5.41) is 20.9. The average molecular weight is 296 g/mol. The molecule has 0 spiro atoms. The van der Waals surface area contributed by atoms with E-state index in [9.17, 15) is 5.11 Å². The molecule has 0 amide bonds. The van der Waals surface area contributed by atoms with Crippen molar-refractivity contribution in [1.29, 1.82) is 5.26 Å². The Morgan fingerprint density at radius 3 is 2.57 bits per heavy atom. The quantitative estimate of drug-likeness (QED) is 0.734. The number of hydrogen-bond donors (Lipinski definition) is 1. The molecule has 0 atom stereocenters. The predicted molar refractivity (Wildman–Crippen MR) is 81.9 cm³/mol.